The lowest BCUT2D eigenvalue weighted by molar-refractivity contribution is 0.0955. The normalized spacial score (nSPS) is 11.3. The number of amides is 1. The third-order valence-electron chi connectivity index (χ3n) is 2.85. The van der Waals surface area contributed by atoms with E-state index >= 15 is 0 Å². The molecule has 0 aliphatic heterocycles. The van der Waals surface area contributed by atoms with Crippen molar-refractivity contribution in [2.75, 3.05) is 6.61 Å². The summed E-state index contributed by atoms with van der Waals surface area (Å²) in [6, 6.07) is 11.0. The van der Waals surface area contributed by atoms with Gasteiger partial charge in [0.1, 0.15) is 5.75 Å². The van der Waals surface area contributed by atoms with Crippen molar-refractivity contribution in [1.29, 1.82) is 0 Å². The summed E-state index contributed by atoms with van der Waals surface area (Å²) in [5, 5.41) is 4.14. The van der Waals surface area contributed by atoms with Gasteiger partial charge in [0.15, 0.2) is 0 Å². The first-order valence-electron chi connectivity index (χ1n) is 6.74. The van der Waals surface area contributed by atoms with Gasteiger partial charge in [-0.1, -0.05) is 0 Å². The fourth-order valence-electron chi connectivity index (χ4n) is 1.75. The van der Waals surface area contributed by atoms with E-state index < -0.39 is 0 Å². The number of benzene rings is 1. The Morgan fingerprint density at radius 1 is 1.24 bits per heavy atom. The second-order valence-electron chi connectivity index (χ2n) is 4.51. The summed E-state index contributed by atoms with van der Waals surface area (Å²) in [6.07, 6.45) is 0. The molecule has 0 radical (unpaired) electrons. The number of nitrogens with one attached hydrogen (secondary N) is 1. The Labute approximate surface area is 128 Å². The molecule has 0 saturated heterocycles. The van der Waals surface area contributed by atoms with Crippen LogP contribution in [0.4, 0.5) is 0 Å². The van der Waals surface area contributed by atoms with E-state index in [0.29, 0.717) is 12.2 Å². The predicted octanol–water partition coefficient (Wildman–Crippen LogP) is 3.61. The summed E-state index contributed by atoms with van der Waals surface area (Å²) in [4.78, 5) is 14.3. The van der Waals surface area contributed by atoms with Crippen LogP contribution in [0.15, 0.2) is 41.5 Å². The monoisotopic (exact) mass is 302 g/mol. The average molecular weight is 302 g/mol. The molecular weight excluding hydrogens is 284 g/mol. The van der Waals surface area contributed by atoms with Gasteiger partial charge in [-0.25, -0.2) is 5.43 Å². The second-order valence-corrected chi connectivity index (χ2v) is 5.79. The number of ether oxygens (including phenoxy) is 1. The standard InChI is InChI=1S/C16H18N2O2S/c1-4-20-14-8-6-13(7-9-14)16(19)18-17-12(3)15-10-5-11(2)21-15/h5-10H,4H2,1-3H3,(H,18,19). The van der Waals surface area contributed by atoms with E-state index in [1.807, 2.05) is 32.9 Å². The van der Waals surface area contributed by atoms with Gasteiger partial charge in [-0.05, 0) is 57.2 Å². The number of rotatable bonds is 5. The number of nitrogens with zero attached hydrogens (tertiary/aromatic N) is 1. The van der Waals surface area contributed by atoms with Crippen LogP contribution >= 0.6 is 11.3 Å². The quantitative estimate of drug-likeness (QED) is 0.677. The zero-order valence-electron chi connectivity index (χ0n) is 12.3. The predicted molar refractivity (Wildman–Crippen MR) is 86.3 cm³/mol. The summed E-state index contributed by atoms with van der Waals surface area (Å²) < 4.78 is 5.34. The second kappa shape index (κ2) is 7.04. The van der Waals surface area contributed by atoms with E-state index in [0.717, 1.165) is 16.3 Å². The summed E-state index contributed by atoms with van der Waals surface area (Å²) in [7, 11) is 0. The largest absolute Gasteiger partial charge is 0.494 e. The molecule has 1 heterocycles. The van der Waals surface area contributed by atoms with Crippen molar-refractivity contribution in [3.05, 3.63) is 51.7 Å². The van der Waals surface area contributed by atoms with E-state index in [1.165, 1.54) is 4.88 Å². The zero-order chi connectivity index (χ0) is 15.2. The van der Waals surface area contributed by atoms with Crippen LogP contribution in [0.3, 0.4) is 0 Å². The Morgan fingerprint density at radius 3 is 2.52 bits per heavy atom. The molecule has 1 amide bonds. The molecule has 1 N–H and O–H groups in total. The Balaban J connectivity index is 2.00. The summed E-state index contributed by atoms with van der Waals surface area (Å²) in [5.41, 5.74) is 3.92. The molecule has 4 nitrogen and oxygen atoms in total. The highest BCUT2D eigenvalue weighted by atomic mass is 32.1. The van der Waals surface area contributed by atoms with Crippen molar-refractivity contribution < 1.29 is 9.53 Å². The molecule has 110 valence electrons. The fraction of sp³-hybridized carbons (Fsp3) is 0.250. The number of carbonyl (C=O) groups excluding carboxylic acids is 1. The molecule has 0 aliphatic carbocycles. The van der Waals surface area contributed by atoms with Crippen molar-refractivity contribution in [1.82, 2.24) is 5.43 Å². The van der Waals surface area contributed by atoms with Crippen molar-refractivity contribution in [3.63, 3.8) is 0 Å². The van der Waals surface area contributed by atoms with Crippen LogP contribution < -0.4 is 10.2 Å². The van der Waals surface area contributed by atoms with Crippen LogP contribution in [0.25, 0.3) is 0 Å². The van der Waals surface area contributed by atoms with Crippen LogP contribution in [0, 0.1) is 6.92 Å². The Morgan fingerprint density at radius 2 is 1.95 bits per heavy atom. The molecule has 0 bridgehead atoms. The SMILES string of the molecule is CCOc1ccc(C(=O)NN=C(C)c2ccc(C)s2)cc1. The van der Waals surface area contributed by atoms with Crippen molar-refractivity contribution >= 4 is 23.0 Å². The molecule has 0 unspecified atom stereocenters. The molecule has 5 heteroatoms. The summed E-state index contributed by atoms with van der Waals surface area (Å²) >= 11 is 1.65. The van der Waals surface area contributed by atoms with Gasteiger partial charge in [-0.15, -0.1) is 11.3 Å². The van der Waals surface area contributed by atoms with E-state index in [1.54, 1.807) is 35.6 Å². The van der Waals surface area contributed by atoms with Crippen molar-refractivity contribution in [2.45, 2.75) is 20.8 Å². The smallest absolute Gasteiger partial charge is 0.271 e. The molecule has 0 atom stereocenters. The lowest BCUT2D eigenvalue weighted by atomic mass is 10.2. The van der Waals surface area contributed by atoms with Crippen LogP contribution in [-0.4, -0.2) is 18.2 Å². The van der Waals surface area contributed by atoms with Gasteiger partial charge in [0.2, 0.25) is 0 Å². The number of aryl methyl sites for hydroxylation is 1. The first-order chi connectivity index (χ1) is 10.1. The highest BCUT2D eigenvalue weighted by molar-refractivity contribution is 7.14. The van der Waals surface area contributed by atoms with Crippen LogP contribution in [0.5, 0.6) is 5.75 Å². The van der Waals surface area contributed by atoms with Gasteiger partial charge >= 0.3 is 0 Å². The molecule has 1 aromatic heterocycles. The van der Waals surface area contributed by atoms with E-state index in [4.69, 9.17) is 4.74 Å². The maximum atomic E-state index is 12.0. The van der Waals surface area contributed by atoms with Crippen molar-refractivity contribution in [2.24, 2.45) is 5.10 Å². The van der Waals surface area contributed by atoms with Gasteiger partial charge < -0.3 is 4.74 Å². The Bertz CT molecular complexity index is 645. The topological polar surface area (TPSA) is 50.7 Å². The maximum absolute atomic E-state index is 12.0. The van der Waals surface area contributed by atoms with E-state index in [2.05, 4.69) is 10.5 Å². The third-order valence-corrected chi connectivity index (χ3v) is 3.96. The minimum Gasteiger partial charge on any atom is -0.494 e. The van der Waals surface area contributed by atoms with Crippen LogP contribution in [0.2, 0.25) is 0 Å². The molecule has 2 rings (SSSR count). The van der Waals surface area contributed by atoms with Crippen molar-refractivity contribution in [3.8, 4) is 5.75 Å². The number of hydrazone groups is 1. The number of hydrogen-bond acceptors (Lipinski definition) is 4. The summed E-state index contributed by atoms with van der Waals surface area (Å²) in [6.45, 7) is 6.45. The number of carbonyl (C=O) groups is 1. The zero-order valence-corrected chi connectivity index (χ0v) is 13.2. The van der Waals surface area contributed by atoms with Gasteiger partial charge in [-0.2, -0.15) is 5.10 Å². The first-order valence-corrected chi connectivity index (χ1v) is 7.56. The molecule has 0 fully saturated rings. The molecule has 1 aromatic carbocycles. The minimum absolute atomic E-state index is 0.231. The molecule has 21 heavy (non-hydrogen) atoms. The third kappa shape index (κ3) is 4.16. The Hall–Kier alpha value is -2.14. The minimum atomic E-state index is -0.231. The van der Waals surface area contributed by atoms with Gasteiger partial charge in [0, 0.05) is 10.4 Å². The molecule has 2 aromatic rings. The van der Waals surface area contributed by atoms with Crippen LogP contribution in [-0.2, 0) is 0 Å². The molecular formula is C16H18N2O2S. The molecule has 0 aliphatic rings. The summed E-state index contributed by atoms with van der Waals surface area (Å²) in [5.74, 6) is 0.522. The van der Waals surface area contributed by atoms with Crippen LogP contribution in [0.1, 0.15) is 34.0 Å². The lowest BCUT2D eigenvalue weighted by Crippen LogP contribution is -2.19. The number of thiophene rings is 1. The van der Waals surface area contributed by atoms with Gasteiger partial charge in [-0.3, -0.25) is 4.79 Å². The molecule has 0 spiro atoms. The van der Waals surface area contributed by atoms with E-state index in [9.17, 15) is 4.79 Å². The number of hydrogen-bond donors (Lipinski definition) is 1. The van der Waals surface area contributed by atoms with E-state index in [-0.39, 0.29) is 5.91 Å². The van der Waals surface area contributed by atoms with Gasteiger partial charge in [0.25, 0.3) is 5.91 Å². The van der Waals surface area contributed by atoms with Gasteiger partial charge in [0.05, 0.1) is 17.2 Å². The first kappa shape index (κ1) is 15.3. The average Bonchev–Trinajstić information content (AvgIpc) is 2.92. The lowest BCUT2D eigenvalue weighted by Gasteiger charge is -2.04. The highest BCUT2D eigenvalue weighted by Gasteiger charge is 2.06. The highest BCUT2D eigenvalue weighted by Crippen LogP contribution is 2.16. The maximum Gasteiger partial charge on any atom is 0.271 e. The fourth-order valence-corrected chi connectivity index (χ4v) is 2.56. The Kier molecular flexibility index (Phi) is 5.11. The molecule has 0 saturated carbocycles.